The third kappa shape index (κ3) is 6.11. The first-order valence-electron chi connectivity index (χ1n) is 10.6. The summed E-state index contributed by atoms with van der Waals surface area (Å²) in [5.74, 6) is 3.96. The van der Waals surface area contributed by atoms with Crippen LogP contribution in [0, 0.1) is 0 Å². The highest BCUT2D eigenvalue weighted by Gasteiger charge is 2.21. The van der Waals surface area contributed by atoms with Crippen LogP contribution in [-0.2, 0) is 19.4 Å². The monoisotopic (exact) mass is 555 g/mol. The van der Waals surface area contributed by atoms with Gasteiger partial charge in [0.1, 0.15) is 0 Å². The molecular weight excluding hydrogens is 521 g/mol. The molecule has 3 rings (SSSR count). The molecule has 2 aromatic rings. The van der Waals surface area contributed by atoms with Crippen molar-refractivity contribution in [3.05, 3.63) is 47.0 Å². The normalized spacial score (nSPS) is 13.0. The molecule has 8 heteroatoms. The second kappa shape index (κ2) is 12.6. The Kier molecular flexibility index (Phi) is 10.2. The number of methoxy groups -OCH3 is 4. The molecule has 32 heavy (non-hydrogen) atoms. The fraction of sp³-hybridized carbons (Fsp3) is 0.458. The zero-order valence-corrected chi connectivity index (χ0v) is 21.9. The van der Waals surface area contributed by atoms with Gasteiger partial charge in [0, 0.05) is 26.2 Å². The number of halogens is 1. The number of benzene rings is 2. The molecule has 0 saturated heterocycles. The topological polar surface area (TPSA) is 64.6 Å². The molecule has 1 aliphatic rings. The Balaban J connectivity index is 0.00000363. The van der Waals surface area contributed by atoms with E-state index in [1.807, 2.05) is 12.1 Å². The van der Waals surface area contributed by atoms with Gasteiger partial charge in [-0.25, -0.2) is 0 Å². The molecule has 0 aliphatic carbocycles. The summed E-state index contributed by atoms with van der Waals surface area (Å²) >= 11 is 0. The zero-order chi connectivity index (χ0) is 22.2. The van der Waals surface area contributed by atoms with Crippen LogP contribution in [0.2, 0.25) is 0 Å². The van der Waals surface area contributed by atoms with Crippen LogP contribution >= 0.6 is 24.0 Å². The predicted octanol–water partition coefficient (Wildman–Crippen LogP) is 3.91. The number of rotatable bonds is 8. The van der Waals surface area contributed by atoms with Crippen molar-refractivity contribution in [2.75, 3.05) is 48.1 Å². The average molecular weight is 555 g/mol. The summed E-state index contributed by atoms with van der Waals surface area (Å²) in [6, 6.07) is 10.2. The lowest BCUT2D eigenvalue weighted by molar-refractivity contribution is 0.346. The van der Waals surface area contributed by atoms with Gasteiger partial charge >= 0.3 is 0 Å². The Morgan fingerprint density at radius 3 is 2.16 bits per heavy atom. The van der Waals surface area contributed by atoms with Crippen LogP contribution in [0.3, 0.4) is 0 Å². The van der Waals surface area contributed by atoms with Gasteiger partial charge in [0.05, 0.1) is 28.4 Å². The third-order valence-corrected chi connectivity index (χ3v) is 5.46. The van der Waals surface area contributed by atoms with Crippen molar-refractivity contribution in [1.82, 2.24) is 10.2 Å². The molecule has 0 fully saturated rings. The minimum atomic E-state index is 0. The summed E-state index contributed by atoms with van der Waals surface area (Å²) in [6.45, 7) is 5.30. The minimum Gasteiger partial charge on any atom is -0.493 e. The predicted molar refractivity (Wildman–Crippen MR) is 138 cm³/mol. The standard InChI is InChI=1S/C24H33N3O4.HI/c1-6-25-24(26-11-9-17-7-8-20(28-2)21(13-17)29-3)27-12-10-18-14-22(30-4)23(31-5)15-19(18)16-27;/h7-8,13-15H,6,9-12,16H2,1-5H3,(H,25,26);1H. The van der Waals surface area contributed by atoms with E-state index in [4.69, 9.17) is 23.9 Å². The molecule has 0 unspecified atom stereocenters. The minimum absolute atomic E-state index is 0. The number of ether oxygens (including phenoxy) is 4. The van der Waals surface area contributed by atoms with Crippen molar-refractivity contribution in [3.8, 4) is 23.0 Å². The van der Waals surface area contributed by atoms with Gasteiger partial charge < -0.3 is 29.2 Å². The molecule has 2 aromatic carbocycles. The van der Waals surface area contributed by atoms with E-state index in [2.05, 4.69) is 35.3 Å². The number of hydrogen-bond acceptors (Lipinski definition) is 5. The number of aliphatic imine (C=N–C) groups is 1. The molecule has 0 atom stereocenters. The van der Waals surface area contributed by atoms with Gasteiger partial charge in [0.25, 0.3) is 0 Å². The van der Waals surface area contributed by atoms with E-state index in [0.717, 1.165) is 67.0 Å². The lowest BCUT2D eigenvalue weighted by Crippen LogP contribution is -2.44. The quantitative estimate of drug-likeness (QED) is 0.303. The third-order valence-electron chi connectivity index (χ3n) is 5.46. The van der Waals surface area contributed by atoms with Gasteiger partial charge in [-0.2, -0.15) is 0 Å². The highest BCUT2D eigenvalue weighted by atomic mass is 127. The molecule has 0 bridgehead atoms. The smallest absolute Gasteiger partial charge is 0.194 e. The molecule has 0 radical (unpaired) electrons. The fourth-order valence-electron chi connectivity index (χ4n) is 3.82. The number of nitrogens with zero attached hydrogens (tertiary/aromatic N) is 2. The van der Waals surface area contributed by atoms with Crippen LogP contribution in [0.25, 0.3) is 0 Å². The largest absolute Gasteiger partial charge is 0.493 e. The first-order chi connectivity index (χ1) is 15.1. The number of nitrogens with one attached hydrogen (secondary N) is 1. The van der Waals surface area contributed by atoms with E-state index < -0.39 is 0 Å². The van der Waals surface area contributed by atoms with Gasteiger partial charge in [0.2, 0.25) is 0 Å². The van der Waals surface area contributed by atoms with Crippen molar-refractivity contribution < 1.29 is 18.9 Å². The summed E-state index contributed by atoms with van der Waals surface area (Å²) in [7, 11) is 6.65. The van der Waals surface area contributed by atoms with Gasteiger partial charge in [-0.3, -0.25) is 4.99 Å². The maximum Gasteiger partial charge on any atom is 0.194 e. The van der Waals surface area contributed by atoms with Crippen LogP contribution in [0.4, 0.5) is 0 Å². The first-order valence-corrected chi connectivity index (χ1v) is 10.6. The summed E-state index contributed by atoms with van der Waals surface area (Å²) in [6.07, 6.45) is 1.76. The van der Waals surface area contributed by atoms with Crippen LogP contribution in [0.5, 0.6) is 23.0 Å². The van der Waals surface area contributed by atoms with Crippen LogP contribution in [-0.4, -0.2) is 58.9 Å². The van der Waals surface area contributed by atoms with E-state index in [0.29, 0.717) is 6.54 Å². The van der Waals surface area contributed by atoms with Crippen molar-refractivity contribution in [2.24, 2.45) is 4.99 Å². The maximum atomic E-state index is 5.49. The zero-order valence-electron chi connectivity index (χ0n) is 19.6. The van der Waals surface area contributed by atoms with Gasteiger partial charge in [-0.1, -0.05) is 6.07 Å². The Labute approximate surface area is 208 Å². The summed E-state index contributed by atoms with van der Waals surface area (Å²) in [5, 5.41) is 3.44. The lowest BCUT2D eigenvalue weighted by Gasteiger charge is -2.32. The number of fused-ring (bicyclic) bond motifs is 1. The lowest BCUT2D eigenvalue weighted by atomic mass is 9.99. The second-order valence-electron chi connectivity index (χ2n) is 7.32. The molecule has 1 aliphatic heterocycles. The van der Waals surface area contributed by atoms with Crippen molar-refractivity contribution in [2.45, 2.75) is 26.3 Å². The Hall–Kier alpha value is -2.36. The number of hydrogen-bond donors (Lipinski definition) is 1. The molecule has 0 spiro atoms. The average Bonchev–Trinajstić information content (AvgIpc) is 2.81. The Morgan fingerprint density at radius 2 is 1.53 bits per heavy atom. The molecule has 1 heterocycles. The highest BCUT2D eigenvalue weighted by Crippen LogP contribution is 2.33. The van der Waals surface area contributed by atoms with Crippen molar-refractivity contribution in [3.63, 3.8) is 0 Å². The maximum absolute atomic E-state index is 5.49. The summed E-state index contributed by atoms with van der Waals surface area (Å²) in [5.41, 5.74) is 3.71. The van der Waals surface area contributed by atoms with Crippen LogP contribution in [0.1, 0.15) is 23.6 Å². The molecule has 1 N–H and O–H groups in total. The first kappa shape index (κ1) is 25.9. The second-order valence-corrected chi connectivity index (χ2v) is 7.32. The van der Waals surface area contributed by atoms with Crippen molar-refractivity contribution >= 4 is 29.9 Å². The van der Waals surface area contributed by atoms with Gasteiger partial charge in [-0.15, -0.1) is 24.0 Å². The Bertz CT molecular complexity index is 920. The molecule has 0 amide bonds. The molecule has 176 valence electrons. The summed E-state index contributed by atoms with van der Waals surface area (Å²) in [4.78, 5) is 7.18. The van der Waals surface area contributed by atoms with Crippen LogP contribution in [0.15, 0.2) is 35.3 Å². The molecule has 0 saturated carbocycles. The van der Waals surface area contributed by atoms with Crippen LogP contribution < -0.4 is 24.3 Å². The fourth-order valence-corrected chi connectivity index (χ4v) is 3.82. The molecule has 0 aromatic heterocycles. The van der Waals surface area contributed by atoms with E-state index >= 15 is 0 Å². The van der Waals surface area contributed by atoms with E-state index in [-0.39, 0.29) is 24.0 Å². The van der Waals surface area contributed by atoms with E-state index in [1.165, 1.54) is 11.1 Å². The summed E-state index contributed by atoms with van der Waals surface area (Å²) < 4.78 is 21.7. The Morgan fingerprint density at radius 1 is 0.906 bits per heavy atom. The SMILES string of the molecule is CCNC(=NCCc1ccc(OC)c(OC)c1)N1CCc2cc(OC)c(OC)cc2C1.I. The van der Waals surface area contributed by atoms with Crippen molar-refractivity contribution in [1.29, 1.82) is 0 Å². The molecular formula is C24H34IN3O4. The van der Waals surface area contributed by atoms with E-state index in [1.54, 1.807) is 28.4 Å². The number of guanidine groups is 1. The highest BCUT2D eigenvalue weighted by molar-refractivity contribution is 14.0. The molecule has 7 nitrogen and oxygen atoms in total. The van der Waals surface area contributed by atoms with E-state index in [9.17, 15) is 0 Å². The van der Waals surface area contributed by atoms with Gasteiger partial charge in [0.15, 0.2) is 29.0 Å². The van der Waals surface area contributed by atoms with Gasteiger partial charge in [-0.05, 0) is 60.7 Å².